The largest absolute Gasteiger partial charge is 0.507 e. The highest BCUT2D eigenvalue weighted by Gasteiger charge is 1.93. The fourth-order valence-corrected chi connectivity index (χ4v) is 0.784. The van der Waals surface area contributed by atoms with Crippen LogP contribution in [-0.4, -0.2) is 16.2 Å². The minimum absolute atomic E-state index is 0.285. The first-order valence-electron chi connectivity index (χ1n) is 4.79. The summed E-state index contributed by atoms with van der Waals surface area (Å²) in [5, 5.41) is 17.2. The van der Waals surface area contributed by atoms with Gasteiger partial charge in [0.2, 0.25) is 0 Å². The smallest absolute Gasteiger partial charge is 0.330 e. The highest BCUT2D eigenvalue weighted by molar-refractivity contribution is 5.85. The molecule has 0 aliphatic rings. The van der Waals surface area contributed by atoms with E-state index in [1.54, 1.807) is 38.1 Å². The normalized spacial score (nSPS) is 10.0. The molecule has 0 spiro atoms. The molecule has 0 atom stereocenters. The number of aromatic hydroxyl groups is 1. The van der Waals surface area contributed by atoms with Crippen molar-refractivity contribution in [1.29, 1.82) is 0 Å². The van der Waals surface area contributed by atoms with Gasteiger partial charge in [0.1, 0.15) is 5.75 Å². The lowest BCUT2D eigenvalue weighted by molar-refractivity contribution is -0.132. The minimum Gasteiger partial charge on any atom is -0.507 e. The van der Waals surface area contributed by atoms with E-state index in [2.05, 4.69) is 6.58 Å². The first-order valence-corrected chi connectivity index (χ1v) is 4.79. The summed E-state index contributed by atoms with van der Waals surface area (Å²) in [6, 6.07) is 7.08. The standard InChI is InChI=1S/C8H8O.C5H8O2/c1-2-7-5-3-4-6-8(7)9;1-3-4(2)5(6)7/h2-6,9H,1H2;3H,1-2H3,(H,6,7). The molecule has 0 bridgehead atoms. The van der Waals surface area contributed by atoms with Crippen LogP contribution in [0.25, 0.3) is 6.08 Å². The number of hydrogen-bond acceptors (Lipinski definition) is 2. The van der Waals surface area contributed by atoms with Gasteiger partial charge in [-0.2, -0.15) is 0 Å². The van der Waals surface area contributed by atoms with Gasteiger partial charge in [0.15, 0.2) is 0 Å². The van der Waals surface area contributed by atoms with Crippen LogP contribution < -0.4 is 0 Å². The molecule has 1 aromatic carbocycles. The van der Waals surface area contributed by atoms with Crippen molar-refractivity contribution in [2.45, 2.75) is 13.8 Å². The molecule has 3 nitrogen and oxygen atoms in total. The lowest BCUT2D eigenvalue weighted by Gasteiger charge is -1.93. The van der Waals surface area contributed by atoms with E-state index in [4.69, 9.17) is 10.2 Å². The van der Waals surface area contributed by atoms with E-state index in [0.29, 0.717) is 5.57 Å². The Kier molecular flexibility index (Phi) is 6.36. The third-order valence-corrected chi connectivity index (χ3v) is 1.93. The van der Waals surface area contributed by atoms with Gasteiger partial charge in [-0.05, 0) is 19.9 Å². The Hall–Kier alpha value is -2.03. The van der Waals surface area contributed by atoms with Crippen molar-refractivity contribution in [3.8, 4) is 5.75 Å². The molecule has 0 aliphatic carbocycles. The summed E-state index contributed by atoms with van der Waals surface area (Å²) in [6.07, 6.45) is 3.18. The number of aliphatic carboxylic acids is 1. The van der Waals surface area contributed by atoms with Crippen molar-refractivity contribution in [3.05, 3.63) is 48.1 Å². The number of phenolic OH excluding ortho intramolecular Hbond substituents is 1. The van der Waals surface area contributed by atoms with E-state index in [-0.39, 0.29) is 5.75 Å². The van der Waals surface area contributed by atoms with Crippen LogP contribution in [0.1, 0.15) is 19.4 Å². The predicted molar refractivity (Wildman–Crippen MR) is 65.3 cm³/mol. The third-order valence-electron chi connectivity index (χ3n) is 1.93. The Bertz CT molecular complexity index is 392. The molecule has 0 heterocycles. The number of carbonyl (C=O) groups is 1. The van der Waals surface area contributed by atoms with Gasteiger partial charge in [0.05, 0.1) is 0 Å². The molecule has 1 aromatic rings. The van der Waals surface area contributed by atoms with Crippen molar-refractivity contribution in [2.75, 3.05) is 0 Å². The fraction of sp³-hybridized carbons (Fsp3) is 0.154. The highest BCUT2D eigenvalue weighted by Crippen LogP contribution is 2.15. The molecule has 0 fully saturated rings. The second kappa shape index (κ2) is 7.29. The molecular formula is C13H16O3. The van der Waals surface area contributed by atoms with Gasteiger partial charge in [0, 0.05) is 11.1 Å². The summed E-state index contributed by atoms with van der Waals surface area (Å²) in [6.45, 7) is 6.79. The van der Waals surface area contributed by atoms with Crippen LogP contribution in [0.5, 0.6) is 5.75 Å². The Balaban J connectivity index is 0.000000293. The maximum atomic E-state index is 9.86. The zero-order valence-electron chi connectivity index (χ0n) is 9.47. The van der Waals surface area contributed by atoms with Crippen molar-refractivity contribution >= 4 is 12.0 Å². The van der Waals surface area contributed by atoms with Gasteiger partial charge >= 0.3 is 5.97 Å². The maximum Gasteiger partial charge on any atom is 0.330 e. The van der Waals surface area contributed by atoms with Crippen molar-refractivity contribution in [3.63, 3.8) is 0 Å². The average Bonchev–Trinajstić information content (AvgIpc) is 2.29. The maximum absolute atomic E-state index is 9.86. The molecule has 86 valence electrons. The van der Waals surface area contributed by atoms with E-state index in [9.17, 15) is 4.79 Å². The summed E-state index contributed by atoms with van der Waals surface area (Å²) in [4.78, 5) is 9.86. The summed E-state index contributed by atoms with van der Waals surface area (Å²) in [5.74, 6) is -0.560. The number of rotatable bonds is 2. The Morgan fingerprint density at radius 3 is 2.19 bits per heavy atom. The molecule has 3 heteroatoms. The number of phenols is 1. The Morgan fingerprint density at radius 2 is 1.94 bits per heavy atom. The third kappa shape index (κ3) is 5.00. The summed E-state index contributed by atoms with van der Waals surface area (Å²) in [5.41, 5.74) is 1.16. The molecule has 0 saturated heterocycles. The van der Waals surface area contributed by atoms with Crippen LogP contribution in [0.3, 0.4) is 0 Å². The van der Waals surface area contributed by atoms with Crippen molar-refractivity contribution < 1.29 is 15.0 Å². The number of benzene rings is 1. The second-order valence-corrected chi connectivity index (χ2v) is 3.04. The van der Waals surface area contributed by atoms with E-state index in [0.717, 1.165) is 5.56 Å². The van der Waals surface area contributed by atoms with Crippen LogP contribution in [0.15, 0.2) is 42.5 Å². The van der Waals surface area contributed by atoms with Gasteiger partial charge < -0.3 is 10.2 Å². The number of allylic oxidation sites excluding steroid dienone is 1. The number of hydrogen-bond donors (Lipinski definition) is 2. The first kappa shape index (κ1) is 14.0. The van der Waals surface area contributed by atoms with Crippen LogP contribution >= 0.6 is 0 Å². The molecular weight excluding hydrogens is 204 g/mol. The van der Waals surface area contributed by atoms with E-state index >= 15 is 0 Å². The average molecular weight is 220 g/mol. The Morgan fingerprint density at radius 1 is 1.38 bits per heavy atom. The summed E-state index contributed by atoms with van der Waals surface area (Å²) >= 11 is 0. The molecule has 0 aliphatic heterocycles. The lowest BCUT2D eigenvalue weighted by atomic mass is 10.2. The van der Waals surface area contributed by atoms with Crippen LogP contribution in [-0.2, 0) is 4.79 Å². The first-order chi connectivity index (χ1) is 7.52. The Labute approximate surface area is 95.4 Å². The number of carboxylic acids is 1. The second-order valence-electron chi connectivity index (χ2n) is 3.04. The van der Waals surface area contributed by atoms with E-state index < -0.39 is 5.97 Å². The highest BCUT2D eigenvalue weighted by atomic mass is 16.4. The molecule has 16 heavy (non-hydrogen) atoms. The van der Waals surface area contributed by atoms with Crippen LogP contribution in [0.4, 0.5) is 0 Å². The summed E-state index contributed by atoms with van der Waals surface area (Å²) < 4.78 is 0. The van der Waals surface area contributed by atoms with Gasteiger partial charge in [0.25, 0.3) is 0 Å². The molecule has 0 radical (unpaired) electrons. The zero-order chi connectivity index (χ0) is 12.6. The van der Waals surface area contributed by atoms with E-state index in [1.165, 1.54) is 0 Å². The molecule has 1 rings (SSSR count). The molecule has 0 amide bonds. The number of carboxylic acid groups (broad SMARTS) is 1. The molecule has 0 aromatic heterocycles. The van der Waals surface area contributed by atoms with Crippen molar-refractivity contribution in [1.82, 2.24) is 0 Å². The van der Waals surface area contributed by atoms with Crippen LogP contribution in [0, 0.1) is 0 Å². The predicted octanol–water partition coefficient (Wildman–Crippen LogP) is 3.07. The number of para-hydroxylation sites is 1. The SMILES string of the molecule is C=Cc1ccccc1O.CC=C(C)C(=O)O. The monoisotopic (exact) mass is 220 g/mol. The zero-order valence-corrected chi connectivity index (χ0v) is 9.47. The summed E-state index contributed by atoms with van der Waals surface area (Å²) in [7, 11) is 0. The molecule has 2 N–H and O–H groups in total. The van der Waals surface area contributed by atoms with Crippen LogP contribution in [0.2, 0.25) is 0 Å². The van der Waals surface area contributed by atoms with Gasteiger partial charge in [-0.25, -0.2) is 4.79 Å². The topological polar surface area (TPSA) is 57.5 Å². The molecule has 0 unspecified atom stereocenters. The molecule has 0 saturated carbocycles. The quantitative estimate of drug-likeness (QED) is 0.753. The van der Waals surface area contributed by atoms with Gasteiger partial charge in [-0.3, -0.25) is 0 Å². The fourth-order valence-electron chi connectivity index (χ4n) is 0.784. The minimum atomic E-state index is -0.845. The van der Waals surface area contributed by atoms with E-state index in [1.807, 2.05) is 12.1 Å². The van der Waals surface area contributed by atoms with Crippen molar-refractivity contribution in [2.24, 2.45) is 0 Å². The van der Waals surface area contributed by atoms with Gasteiger partial charge in [-0.15, -0.1) is 0 Å². The van der Waals surface area contributed by atoms with Gasteiger partial charge in [-0.1, -0.05) is 36.9 Å². The lowest BCUT2D eigenvalue weighted by Crippen LogP contribution is -1.93.